The van der Waals surface area contributed by atoms with Gasteiger partial charge in [-0.05, 0) is 60.1 Å². The van der Waals surface area contributed by atoms with E-state index in [1.54, 1.807) is 0 Å². The van der Waals surface area contributed by atoms with E-state index in [-0.39, 0.29) is 0 Å². The summed E-state index contributed by atoms with van der Waals surface area (Å²) in [7, 11) is 3.97. The maximum Gasteiger partial charge on any atom is 0.336 e. The molecule has 2 aromatic rings. The average Bonchev–Trinajstić information content (AvgIpc) is 2.76. The summed E-state index contributed by atoms with van der Waals surface area (Å²) < 4.78 is 0. The van der Waals surface area contributed by atoms with Crippen molar-refractivity contribution in [1.29, 1.82) is 0 Å². The van der Waals surface area contributed by atoms with Gasteiger partial charge in [-0.3, -0.25) is 0 Å². The van der Waals surface area contributed by atoms with E-state index in [1.165, 1.54) is 38.5 Å². The Morgan fingerprint density at radius 2 is 1.84 bits per heavy atom. The molecule has 0 radical (unpaired) electrons. The van der Waals surface area contributed by atoms with Crippen LogP contribution in [-0.4, -0.2) is 31.2 Å². The van der Waals surface area contributed by atoms with Crippen LogP contribution < -0.4 is 10.2 Å². The first-order valence-corrected chi connectivity index (χ1v) is 11.8. The van der Waals surface area contributed by atoms with Gasteiger partial charge in [-0.1, -0.05) is 63.3 Å². The summed E-state index contributed by atoms with van der Waals surface area (Å²) >= 11 is 0. The number of carboxylic acid groups (broad SMARTS) is 1. The van der Waals surface area contributed by atoms with Crippen molar-refractivity contribution in [3.8, 4) is 11.1 Å². The van der Waals surface area contributed by atoms with Gasteiger partial charge < -0.3 is 15.3 Å². The van der Waals surface area contributed by atoms with Gasteiger partial charge in [-0.15, -0.1) is 0 Å². The van der Waals surface area contributed by atoms with Crippen molar-refractivity contribution < 1.29 is 9.90 Å². The highest BCUT2D eigenvalue weighted by Gasteiger charge is 2.21. The number of nitrogens with one attached hydrogen (secondary N) is 1. The molecule has 1 aliphatic rings. The first-order chi connectivity index (χ1) is 14.9. The number of hydrogen-bond acceptors (Lipinski definition) is 3. The van der Waals surface area contributed by atoms with E-state index in [0.29, 0.717) is 11.6 Å². The minimum absolute atomic E-state index is 0.357. The fourth-order valence-corrected chi connectivity index (χ4v) is 4.94. The molecule has 1 fully saturated rings. The zero-order valence-electron chi connectivity index (χ0n) is 19.6. The van der Waals surface area contributed by atoms with Gasteiger partial charge in [0.25, 0.3) is 0 Å². The molecule has 0 saturated heterocycles. The monoisotopic (exact) mass is 422 g/mol. The number of aromatic carboxylic acids is 1. The minimum atomic E-state index is -0.885. The molecule has 4 heteroatoms. The summed E-state index contributed by atoms with van der Waals surface area (Å²) in [5, 5.41) is 13.7. The van der Waals surface area contributed by atoms with Crippen LogP contribution in [0, 0.1) is 12.8 Å². The van der Waals surface area contributed by atoms with Gasteiger partial charge in [0, 0.05) is 32.4 Å². The first kappa shape index (κ1) is 23.3. The highest BCUT2D eigenvalue weighted by molar-refractivity contribution is 5.98. The van der Waals surface area contributed by atoms with E-state index in [1.807, 2.05) is 56.3 Å². The molecule has 3 rings (SSSR count). The lowest BCUT2D eigenvalue weighted by Crippen LogP contribution is -2.31. The molecule has 1 saturated carbocycles. The summed E-state index contributed by atoms with van der Waals surface area (Å²) in [6, 6.07) is 12.4. The smallest absolute Gasteiger partial charge is 0.336 e. The molecule has 0 amide bonds. The fourth-order valence-electron chi connectivity index (χ4n) is 4.94. The number of carboxylic acids is 1. The van der Waals surface area contributed by atoms with Crippen molar-refractivity contribution >= 4 is 11.7 Å². The van der Waals surface area contributed by atoms with Crippen molar-refractivity contribution in [2.75, 3.05) is 19.0 Å². The highest BCUT2D eigenvalue weighted by Crippen LogP contribution is 2.33. The Balaban J connectivity index is 1.89. The lowest BCUT2D eigenvalue weighted by molar-refractivity contribution is 0.0697. The molecule has 4 nitrogen and oxygen atoms in total. The molecule has 168 valence electrons. The minimum Gasteiger partial charge on any atom is -0.478 e. The quantitative estimate of drug-likeness (QED) is 0.500. The zero-order valence-corrected chi connectivity index (χ0v) is 19.6. The van der Waals surface area contributed by atoms with Crippen LogP contribution in [-0.2, 0) is 6.54 Å². The van der Waals surface area contributed by atoms with E-state index in [0.717, 1.165) is 46.8 Å². The molecule has 0 aliphatic heterocycles. The molecule has 0 heterocycles. The maximum atomic E-state index is 12.1. The van der Waals surface area contributed by atoms with Crippen LogP contribution in [0.2, 0.25) is 0 Å². The summed E-state index contributed by atoms with van der Waals surface area (Å²) in [5.74, 6) is -0.0407. The SMILES string of the molecule is CCC(CC1CCCCC1)NCc1cc(-c2ccccc2C)c(C(=O)O)cc1N(C)C. The number of anilines is 1. The Labute approximate surface area is 187 Å². The molecule has 0 spiro atoms. The zero-order chi connectivity index (χ0) is 22.4. The maximum absolute atomic E-state index is 12.1. The summed E-state index contributed by atoms with van der Waals surface area (Å²) in [5.41, 5.74) is 5.35. The number of benzene rings is 2. The van der Waals surface area contributed by atoms with Gasteiger partial charge in [-0.25, -0.2) is 4.79 Å². The molecule has 1 unspecified atom stereocenters. The number of carbonyl (C=O) groups is 1. The molecule has 31 heavy (non-hydrogen) atoms. The second-order valence-electron chi connectivity index (χ2n) is 9.27. The van der Waals surface area contributed by atoms with E-state index in [9.17, 15) is 9.90 Å². The van der Waals surface area contributed by atoms with Crippen LogP contribution in [0.4, 0.5) is 5.69 Å². The van der Waals surface area contributed by atoms with Crippen molar-refractivity contribution in [2.45, 2.75) is 71.4 Å². The van der Waals surface area contributed by atoms with Crippen molar-refractivity contribution in [2.24, 2.45) is 5.92 Å². The Hall–Kier alpha value is -2.33. The van der Waals surface area contributed by atoms with Gasteiger partial charge in [0.2, 0.25) is 0 Å². The Morgan fingerprint density at radius 1 is 1.13 bits per heavy atom. The van der Waals surface area contributed by atoms with E-state index in [4.69, 9.17) is 0 Å². The lowest BCUT2D eigenvalue weighted by Gasteiger charge is -2.28. The third-order valence-corrected chi connectivity index (χ3v) is 6.78. The summed E-state index contributed by atoms with van der Waals surface area (Å²) in [6.45, 7) is 5.05. The third kappa shape index (κ3) is 5.88. The Morgan fingerprint density at radius 3 is 2.45 bits per heavy atom. The van der Waals surface area contributed by atoms with E-state index in [2.05, 4.69) is 18.3 Å². The van der Waals surface area contributed by atoms with Crippen molar-refractivity contribution in [1.82, 2.24) is 5.32 Å². The van der Waals surface area contributed by atoms with Crippen LogP contribution in [0.3, 0.4) is 0 Å². The molecule has 1 atom stereocenters. The Kier molecular flexibility index (Phi) is 8.14. The molecule has 0 aromatic heterocycles. The molecule has 2 N–H and O–H groups in total. The fraction of sp³-hybridized carbons (Fsp3) is 0.519. The Bertz CT molecular complexity index is 885. The number of rotatable bonds is 9. The second kappa shape index (κ2) is 10.8. The van der Waals surface area contributed by atoms with Crippen LogP contribution >= 0.6 is 0 Å². The predicted octanol–water partition coefficient (Wildman–Crippen LogP) is 6.26. The average molecular weight is 423 g/mol. The van der Waals surface area contributed by atoms with Crippen LogP contribution in [0.1, 0.15) is 73.4 Å². The normalized spacial score (nSPS) is 15.6. The molecule has 1 aliphatic carbocycles. The van der Waals surface area contributed by atoms with Crippen LogP contribution in [0.5, 0.6) is 0 Å². The predicted molar refractivity (Wildman–Crippen MR) is 130 cm³/mol. The standard InChI is InChI=1S/C27H38N2O2/c1-5-22(15-20-12-7-6-8-13-20)28-18-21-16-24(23-14-10-9-11-19(23)2)25(27(30)31)17-26(21)29(3)4/h9-11,14,16-17,20,22,28H,5-8,12-13,15,18H2,1-4H3,(H,30,31). The third-order valence-electron chi connectivity index (χ3n) is 6.78. The largest absolute Gasteiger partial charge is 0.478 e. The van der Waals surface area contributed by atoms with Crippen LogP contribution in [0.25, 0.3) is 11.1 Å². The van der Waals surface area contributed by atoms with Gasteiger partial charge >= 0.3 is 5.97 Å². The lowest BCUT2D eigenvalue weighted by atomic mass is 9.84. The van der Waals surface area contributed by atoms with E-state index >= 15 is 0 Å². The topological polar surface area (TPSA) is 52.6 Å². The van der Waals surface area contributed by atoms with Gasteiger partial charge in [0.15, 0.2) is 0 Å². The molecular formula is C27H38N2O2. The molecule has 2 aromatic carbocycles. The number of hydrogen-bond donors (Lipinski definition) is 2. The van der Waals surface area contributed by atoms with Gasteiger partial charge in [-0.2, -0.15) is 0 Å². The van der Waals surface area contributed by atoms with Crippen molar-refractivity contribution in [3.05, 3.63) is 53.1 Å². The summed E-state index contributed by atoms with van der Waals surface area (Å²) in [6.07, 6.45) is 9.24. The highest BCUT2D eigenvalue weighted by atomic mass is 16.4. The molecular weight excluding hydrogens is 384 g/mol. The van der Waals surface area contributed by atoms with Crippen LogP contribution in [0.15, 0.2) is 36.4 Å². The van der Waals surface area contributed by atoms with Gasteiger partial charge in [0.05, 0.1) is 5.56 Å². The van der Waals surface area contributed by atoms with E-state index < -0.39 is 5.97 Å². The summed E-state index contributed by atoms with van der Waals surface area (Å²) in [4.78, 5) is 14.1. The molecule has 0 bridgehead atoms. The van der Waals surface area contributed by atoms with Gasteiger partial charge in [0.1, 0.15) is 0 Å². The second-order valence-corrected chi connectivity index (χ2v) is 9.27. The number of nitrogens with zero attached hydrogens (tertiary/aromatic N) is 1. The number of aryl methyl sites for hydroxylation is 1. The first-order valence-electron chi connectivity index (χ1n) is 11.8. The van der Waals surface area contributed by atoms with Crippen molar-refractivity contribution in [3.63, 3.8) is 0 Å².